The summed E-state index contributed by atoms with van der Waals surface area (Å²) in [7, 11) is 0. The number of amides is 2. The molecule has 6 heteroatoms. The van der Waals surface area contributed by atoms with Crippen LogP contribution in [-0.4, -0.2) is 11.8 Å². The molecular weight excluding hydrogens is 275 g/mol. The van der Waals surface area contributed by atoms with Gasteiger partial charge in [-0.05, 0) is 31.5 Å². The number of hydrogen-bond acceptors (Lipinski definition) is 3. The van der Waals surface area contributed by atoms with E-state index in [0.717, 1.165) is 0 Å². The Morgan fingerprint density at radius 1 is 1.19 bits per heavy atom. The molecule has 0 saturated carbocycles. The van der Waals surface area contributed by atoms with E-state index >= 15 is 0 Å². The first-order chi connectivity index (χ1) is 9.97. The molecule has 0 aliphatic carbocycles. The molecule has 110 valence electrons. The third-order valence-electron chi connectivity index (χ3n) is 2.91. The topological polar surface area (TPSA) is 71.3 Å². The van der Waals surface area contributed by atoms with E-state index in [9.17, 15) is 14.0 Å². The molecule has 1 aromatic carbocycles. The normalized spacial score (nSPS) is 10.2. The van der Waals surface area contributed by atoms with Crippen molar-refractivity contribution >= 4 is 11.8 Å². The molecule has 1 aromatic heterocycles. The zero-order valence-corrected chi connectivity index (χ0v) is 11.7. The minimum atomic E-state index is -0.508. The first-order valence-electron chi connectivity index (χ1n) is 6.37. The van der Waals surface area contributed by atoms with Crippen molar-refractivity contribution in [1.29, 1.82) is 0 Å². The van der Waals surface area contributed by atoms with Crippen molar-refractivity contribution in [3.63, 3.8) is 0 Å². The van der Waals surface area contributed by atoms with Crippen LogP contribution in [0.5, 0.6) is 0 Å². The van der Waals surface area contributed by atoms with Crippen LogP contribution in [0.4, 0.5) is 4.39 Å². The fourth-order valence-corrected chi connectivity index (χ4v) is 1.91. The highest BCUT2D eigenvalue weighted by atomic mass is 19.1. The van der Waals surface area contributed by atoms with Crippen LogP contribution in [0.2, 0.25) is 0 Å². The number of aryl methyl sites for hydroxylation is 2. The summed E-state index contributed by atoms with van der Waals surface area (Å²) >= 11 is 0. The second-order valence-corrected chi connectivity index (χ2v) is 4.60. The van der Waals surface area contributed by atoms with Crippen molar-refractivity contribution in [3.05, 3.63) is 58.8 Å². The summed E-state index contributed by atoms with van der Waals surface area (Å²) in [6.07, 6.45) is -0.156. The Hall–Kier alpha value is -2.63. The minimum Gasteiger partial charge on any atom is -0.466 e. The smallest absolute Gasteiger partial charge is 0.273 e. The predicted molar refractivity (Wildman–Crippen MR) is 73.9 cm³/mol. The second-order valence-electron chi connectivity index (χ2n) is 4.60. The summed E-state index contributed by atoms with van der Waals surface area (Å²) in [5, 5.41) is 0. The van der Waals surface area contributed by atoms with Crippen LogP contribution < -0.4 is 10.9 Å². The maximum absolute atomic E-state index is 13.4. The summed E-state index contributed by atoms with van der Waals surface area (Å²) in [6, 6.07) is 7.55. The average Bonchev–Trinajstić information content (AvgIpc) is 2.78. The molecule has 2 rings (SSSR count). The first-order valence-corrected chi connectivity index (χ1v) is 6.37. The van der Waals surface area contributed by atoms with Gasteiger partial charge < -0.3 is 4.42 Å². The molecule has 0 saturated heterocycles. The largest absolute Gasteiger partial charge is 0.466 e. The zero-order chi connectivity index (χ0) is 15.4. The first kappa shape index (κ1) is 14.8. The SMILES string of the molecule is Cc1cc(C(=O)NNC(=O)Cc2ccccc2F)c(C)o1. The lowest BCUT2D eigenvalue weighted by molar-refractivity contribution is -0.121. The average molecular weight is 290 g/mol. The lowest BCUT2D eigenvalue weighted by Gasteiger charge is -2.07. The molecule has 1 heterocycles. The second kappa shape index (κ2) is 6.21. The minimum absolute atomic E-state index is 0.156. The van der Waals surface area contributed by atoms with Gasteiger partial charge in [0.1, 0.15) is 17.3 Å². The Bertz CT molecular complexity index is 679. The Balaban J connectivity index is 1.91. The van der Waals surface area contributed by atoms with Crippen molar-refractivity contribution in [3.8, 4) is 0 Å². The van der Waals surface area contributed by atoms with Gasteiger partial charge in [-0.25, -0.2) is 4.39 Å². The molecule has 0 atom stereocenters. The maximum atomic E-state index is 13.4. The van der Waals surface area contributed by atoms with E-state index < -0.39 is 17.6 Å². The monoisotopic (exact) mass is 290 g/mol. The van der Waals surface area contributed by atoms with E-state index in [1.54, 1.807) is 32.0 Å². The summed E-state index contributed by atoms with van der Waals surface area (Å²) in [6.45, 7) is 3.38. The molecule has 2 aromatic rings. The third kappa shape index (κ3) is 3.68. The van der Waals surface area contributed by atoms with Crippen molar-refractivity contribution in [2.75, 3.05) is 0 Å². The molecule has 5 nitrogen and oxygen atoms in total. The highest BCUT2D eigenvalue weighted by molar-refractivity contribution is 5.96. The number of nitrogens with one attached hydrogen (secondary N) is 2. The molecule has 0 fully saturated rings. The van der Waals surface area contributed by atoms with Crippen molar-refractivity contribution in [2.24, 2.45) is 0 Å². The Kier molecular flexibility index (Phi) is 4.37. The van der Waals surface area contributed by atoms with Crippen molar-refractivity contribution in [2.45, 2.75) is 20.3 Å². The van der Waals surface area contributed by atoms with Crippen LogP contribution in [0.25, 0.3) is 0 Å². The van der Waals surface area contributed by atoms with Crippen molar-refractivity contribution in [1.82, 2.24) is 10.9 Å². The molecule has 0 unspecified atom stereocenters. The predicted octanol–water partition coefficient (Wildman–Crippen LogP) is 2.04. The fourth-order valence-electron chi connectivity index (χ4n) is 1.91. The molecular formula is C15H15FN2O3. The van der Waals surface area contributed by atoms with E-state index in [4.69, 9.17) is 4.42 Å². The van der Waals surface area contributed by atoms with Crippen LogP contribution in [0, 0.1) is 19.7 Å². The lowest BCUT2D eigenvalue weighted by atomic mass is 10.1. The van der Waals surface area contributed by atoms with Crippen LogP contribution in [0.15, 0.2) is 34.7 Å². The molecule has 21 heavy (non-hydrogen) atoms. The van der Waals surface area contributed by atoms with Crippen LogP contribution in [0.3, 0.4) is 0 Å². The van der Waals surface area contributed by atoms with E-state index in [1.165, 1.54) is 12.1 Å². The van der Waals surface area contributed by atoms with E-state index in [0.29, 0.717) is 17.1 Å². The summed E-state index contributed by atoms with van der Waals surface area (Å²) in [5.74, 6) is -0.374. The van der Waals surface area contributed by atoms with Crippen LogP contribution >= 0.6 is 0 Å². The summed E-state index contributed by atoms with van der Waals surface area (Å²) < 4.78 is 18.6. The number of hydrogen-bond donors (Lipinski definition) is 2. The number of hydrazine groups is 1. The van der Waals surface area contributed by atoms with Gasteiger partial charge >= 0.3 is 0 Å². The Morgan fingerprint density at radius 2 is 1.90 bits per heavy atom. The standard InChI is InChI=1S/C15H15FN2O3/c1-9-7-12(10(2)21-9)15(20)18-17-14(19)8-11-5-3-4-6-13(11)16/h3-7H,8H2,1-2H3,(H,17,19)(H,18,20). The van der Waals surface area contributed by atoms with E-state index in [2.05, 4.69) is 10.9 Å². The number of carbonyl (C=O) groups is 2. The van der Waals surface area contributed by atoms with Gasteiger partial charge in [0.25, 0.3) is 5.91 Å². The van der Waals surface area contributed by atoms with Crippen LogP contribution in [0.1, 0.15) is 27.4 Å². The number of rotatable bonds is 3. The molecule has 0 aliphatic rings. The highest BCUT2D eigenvalue weighted by Crippen LogP contribution is 2.13. The molecule has 0 aliphatic heterocycles. The molecule has 0 spiro atoms. The van der Waals surface area contributed by atoms with Crippen molar-refractivity contribution < 1.29 is 18.4 Å². The van der Waals surface area contributed by atoms with Gasteiger partial charge in [0.2, 0.25) is 5.91 Å². The molecule has 0 bridgehead atoms. The Labute approximate surface area is 121 Å². The fraction of sp³-hybridized carbons (Fsp3) is 0.200. The van der Waals surface area contributed by atoms with Gasteiger partial charge in [0.15, 0.2) is 0 Å². The molecule has 0 radical (unpaired) electrons. The lowest BCUT2D eigenvalue weighted by Crippen LogP contribution is -2.42. The molecule has 2 N–H and O–H groups in total. The van der Waals surface area contributed by atoms with Gasteiger partial charge in [0, 0.05) is 0 Å². The third-order valence-corrected chi connectivity index (χ3v) is 2.91. The van der Waals surface area contributed by atoms with Gasteiger partial charge in [-0.15, -0.1) is 0 Å². The number of carbonyl (C=O) groups excluding carboxylic acids is 2. The zero-order valence-electron chi connectivity index (χ0n) is 11.7. The number of benzene rings is 1. The van der Waals surface area contributed by atoms with E-state index in [1.807, 2.05) is 0 Å². The Morgan fingerprint density at radius 3 is 2.52 bits per heavy atom. The quantitative estimate of drug-likeness (QED) is 0.850. The van der Waals surface area contributed by atoms with E-state index in [-0.39, 0.29) is 12.0 Å². The van der Waals surface area contributed by atoms with Crippen LogP contribution in [-0.2, 0) is 11.2 Å². The van der Waals surface area contributed by atoms with Gasteiger partial charge in [-0.1, -0.05) is 18.2 Å². The number of halogens is 1. The summed E-state index contributed by atoms with van der Waals surface area (Å²) in [5.41, 5.74) is 5.13. The maximum Gasteiger partial charge on any atom is 0.273 e. The number of furan rings is 1. The van der Waals surface area contributed by atoms with Gasteiger partial charge in [-0.2, -0.15) is 0 Å². The summed E-state index contributed by atoms with van der Waals surface area (Å²) in [4.78, 5) is 23.5. The molecule has 2 amide bonds. The highest BCUT2D eigenvalue weighted by Gasteiger charge is 2.14. The van der Waals surface area contributed by atoms with Gasteiger partial charge in [0.05, 0.1) is 12.0 Å². The van der Waals surface area contributed by atoms with Gasteiger partial charge in [-0.3, -0.25) is 20.4 Å².